The number of amides is 2. The van der Waals surface area contributed by atoms with Gasteiger partial charge in [0.05, 0.1) is 4.90 Å². The maximum Gasteiger partial charge on any atom is 0.444 e. The van der Waals surface area contributed by atoms with Gasteiger partial charge in [-0.3, -0.25) is 9.52 Å². The van der Waals surface area contributed by atoms with E-state index in [2.05, 4.69) is 9.08 Å². The maximum absolute atomic E-state index is 13.3. The first-order valence-corrected chi connectivity index (χ1v) is 10.3. The third-order valence-electron chi connectivity index (χ3n) is 3.20. The van der Waals surface area contributed by atoms with Gasteiger partial charge in [-0.05, 0) is 56.7 Å². The first-order chi connectivity index (χ1) is 13.1. The number of benzene rings is 2. The molecule has 28 heavy (non-hydrogen) atoms. The number of carbonyl (C=O) groups is 2. The first kappa shape index (κ1) is 21.7. The molecule has 1 N–H and O–H groups in total. The largest absolute Gasteiger partial charge is 0.444 e. The molecule has 0 fully saturated rings. The van der Waals surface area contributed by atoms with Crippen molar-refractivity contribution in [1.82, 2.24) is 4.72 Å². The van der Waals surface area contributed by atoms with Gasteiger partial charge in [0.25, 0.3) is 5.91 Å². The Balaban J connectivity index is 2.29. The average Bonchev–Trinajstić information content (AvgIpc) is 2.60. The van der Waals surface area contributed by atoms with Crippen molar-refractivity contribution in [2.24, 2.45) is 4.36 Å². The van der Waals surface area contributed by atoms with Crippen LogP contribution in [0.5, 0.6) is 0 Å². The molecule has 0 saturated heterocycles. The highest BCUT2D eigenvalue weighted by Gasteiger charge is 2.21. The Labute approximate surface area is 169 Å². The zero-order chi connectivity index (χ0) is 20.8. The number of hydrogen-bond donors (Lipinski definition) is 1. The summed E-state index contributed by atoms with van der Waals surface area (Å²) in [6.07, 6.45) is 1.71. The molecule has 1 unspecified atom stereocenters. The molecule has 8 heteroatoms. The van der Waals surface area contributed by atoms with Crippen molar-refractivity contribution in [3.05, 3.63) is 71.3 Å². The summed E-state index contributed by atoms with van der Waals surface area (Å²) in [5, 5.41) is 0.574. The van der Waals surface area contributed by atoms with Crippen molar-refractivity contribution in [2.45, 2.75) is 31.3 Å². The minimum Gasteiger partial charge on any atom is -0.442 e. The van der Waals surface area contributed by atoms with Gasteiger partial charge in [-0.15, -0.1) is 4.36 Å². The average molecular weight is 421 g/mol. The van der Waals surface area contributed by atoms with Gasteiger partial charge in [0.1, 0.15) is 5.60 Å². The molecule has 0 aliphatic heterocycles. The Kier molecular flexibility index (Phi) is 6.99. The normalized spacial score (nSPS) is 13.6. The summed E-state index contributed by atoms with van der Waals surface area (Å²) in [6.45, 7) is 4.99. The molecule has 2 amide bonds. The summed E-state index contributed by atoms with van der Waals surface area (Å²) in [5.41, 5.74) is -0.0781. The molecule has 0 aliphatic rings. The molecule has 2 aromatic carbocycles. The zero-order valence-corrected chi connectivity index (χ0v) is 17.3. The van der Waals surface area contributed by atoms with Crippen molar-refractivity contribution in [3.8, 4) is 0 Å². The highest BCUT2D eigenvalue weighted by Crippen LogP contribution is 2.15. The molecule has 0 spiro atoms. The highest BCUT2D eigenvalue weighted by atomic mass is 35.5. The fourth-order valence-corrected chi connectivity index (χ4v) is 3.55. The van der Waals surface area contributed by atoms with Gasteiger partial charge in [0.2, 0.25) is 0 Å². The Hall–Kier alpha value is -2.64. The van der Waals surface area contributed by atoms with Crippen molar-refractivity contribution >= 4 is 39.6 Å². The van der Waals surface area contributed by atoms with Crippen LogP contribution in [0.3, 0.4) is 0 Å². The summed E-state index contributed by atoms with van der Waals surface area (Å²) < 4.78 is 24.4. The molecule has 0 heterocycles. The molecular weight excluding hydrogens is 400 g/mol. The second-order valence-electron chi connectivity index (χ2n) is 6.76. The fourth-order valence-electron chi connectivity index (χ4n) is 2.04. The monoisotopic (exact) mass is 420 g/mol. The van der Waals surface area contributed by atoms with Crippen LogP contribution >= 0.6 is 11.6 Å². The Morgan fingerprint density at radius 1 is 1.07 bits per heavy atom. The summed E-state index contributed by atoms with van der Waals surface area (Å²) >= 11 is 5.83. The lowest BCUT2D eigenvalue weighted by Crippen LogP contribution is -2.31. The van der Waals surface area contributed by atoms with Crippen molar-refractivity contribution in [2.75, 3.05) is 0 Å². The Morgan fingerprint density at radius 3 is 2.25 bits per heavy atom. The predicted molar refractivity (Wildman–Crippen MR) is 110 cm³/mol. The van der Waals surface area contributed by atoms with E-state index in [9.17, 15) is 13.8 Å². The number of halogens is 1. The molecule has 1 atom stereocenters. The van der Waals surface area contributed by atoms with E-state index in [-0.39, 0.29) is 4.90 Å². The van der Waals surface area contributed by atoms with Gasteiger partial charge in [-0.1, -0.05) is 41.9 Å². The van der Waals surface area contributed by atoms with Crippen molar-refractivity contribution in [1.29, 1.82) is 0 Å². The number of rotatable bonds is 4. The third kappa shape index (κ3) is 6.83. The summed E-state index contributed by atoms with van der Waals surface area (Å²) in [7, 11) is -3.57. The number of nitrogens with zero attached hydrogens (tertiary/aromatic N) is 1. The van der Waals surface area contributed by atoms with Gasteiger partial charge in [-0.25, -0.2) is 9.00 Å². The lowest BCUT2D eigenvalue weighted by molar-refractivity contribution is -0.114. The molecule has 0 radical (unpaired) electrons. The fraction of sp³-hybridized carbons (Fsp3) is 0.200. The van der Waals surface area contributed by atoms with E-state index in [1.165, 1.54) is 24.3 Å². The Bertz CT molecular complexity index is 987. The van der Waals surface area contributed by atoms with Gasteiger partial charge in [-0.2, -0.15) is 0 Å². The molecule has 6 nitrogen and oxygen atoms in total. The van der Waals surface area contributed by atoms with E-state index in [0.717, 1.165) is 5.56 Å². The van der Waals surface area contributed by atoms with Crippen LogP contribution < -0.4 is 4.72 Å². The molecule has 0 bridgehead atoms. The molecule has 2 rings (SSSR count). The molecule has 0 aromatic heterocycles. The molecule has 0 saturated carbocycles. The van der Waals surface area contributed by atoms with Gasteiger partial charge in [0.15, 0.2) is 9.92 Å². The second kappa shape index (κ2) is 9.03. The number of hydrogen-bond acceptors (Lipinski definition) is 4. The summed E-state index contributed by atoms with van der Waals surface area (Å²) in [5.74, 6) is -0.670. The van der Waals surface area contributed by atoms with E-state index >= 15 is 0 Å². The van der Waals surface area contributed by atoms with Crippen LogP contribution in [0.2, 0.25) is 5.02 Å². The Morgan fingerprint density at radius 2 is 1.68 bits per heavy atom. The quantitative estimate of drug-likeness (QED) is 0.716. The smallest absolute Gasteiger partial charge is 0.442 e. The van der Waals surface area contributed by atoms with Crippen LogP contribution in [0.15, 0.2) is 69.9 Å². The number of nitrogens with one attached hydrogen (secondary N) is 1. The van der Waals surface area contributed by atoms with E-state index in [0.29, 0.717) is 5.02 Å². The van der Waals surface area contributed by atoms with E-state index < -0.39 is 27.5 Å². The van der Waals surface area contributed by atoms with Crippen molar-refractivity contribution < 1.29 is 18.5 Å². The second-order valence-corrected chi connectivity index (χ2v) is 9.11. The van der Waals surface area contributed by atoms with Crippen LogP contribution in [0.25, 0.3) is 6.08 Å². The van der Waals surface area contributed by atoms with Gasteiger partial charge < -0.3 is 4.74 Å². The van der Waals surface area contributed by atoms with Crippen LogP contribution in [-0.4, -0.2) is 21.8 Å². The topological polar surface area (TPSA) is 84.8 Å². The van der Waals surface area contributed by atoms with Crippen LogP contribution in [-0.2, 0) is 19.4 Å². The molecular formula is C20H21ClN2O4S. The lowest BCUT2D eigenvalue weighted by Gasteiger charge is -2.18. The maximum atomic E-state index is 13.3. The summed E-state index contributed by atoms with van der Waals surface area (Å²) in [4.78, 5) is 24.6. The van der Waals surface area contributed by atoms with E-state index in [1.807, 2.05) is 0 Å². The standard InChI is InChI=1S/C20H21ClN2O4S/c1-20(2,3)27-19(25)23-28(26,17-7-5-4-6-8-17)22-18(24)14-11-15-9-12-16(21)13-10-15/h4-14H,1-3H3,(H,22,23,24,25,26)/b14-11+. The summed E-state index contributed by atoms with van der Waals surface area (Å²) in [6, 6.07) is 14.8. The van der Waals surface area contributed by atoms with Crippen LogP contribution in [0.1, 0.15) is 26.3 Å². The first-order valence-electron chi connectivity index (χ1n) is 8.38. The number of carbonyl (C=O) groups excluding carboxylic acids is 2. The number of ether oxygens (including phenoxy) is 1. The van der Waals surface area contributed by atoms with E-state index in [1.54, 1.807) is 63.2 Å². The minimum atomic E-state index is -3.57. The van der Waals surface area contributed by atoms with Crippen LogP contribution in [0.4, 0.5) is 4.79 Å². The molecule has 148 valence electrons. The highest BCUT2D eigenvalue weighted by molar-refractivity contribution is 7.92. The third-order valence-corrected chi connectivity index (χ3v) is 5.24. The predicted octanol–water partition coefficient (Wildman–Crippen LogP) is 4.85. The van der Waals surface area contributed by atoms with Gasteiger partial charge in [0, 0.05) is 11.1 Å². The molecule has 2 aromatic rings. The van der Waals surface area contributed by atoms with E-state index in [4.69, 9.17) is 16.3 Å². The molecule has 0 aliphatic carbocycles. The zero-order valence-electron chi connectivity index (χ0n) is 15.7. The van der Waals surface area contributed by atoms with Crippen molar-refractivity contribution in [3.63, 3.8) is 0 Å². The SMILES string of the molecule is CC(C)(C)OC(=O)N=S(=O)(NC(=O)/C=C/c1ccc(Cl)cc1)c1ccccc1. The lowest BCUT2D eigenvalue weighted by atomic mass is 10.2. The van der Waals surface area contributed by atoms with Crippen LogP contribution in [0, 0.1) is 0 Å². The van der Waals surface area contributed by atoms with Gasteiger partial charge >= 0.3 is 6.09 Å². The minimum absolute atomic E-state index is 0.189.